The smallest absolute Gasteiger partial charge is 0.192 e. The molecule has 0 spiro atoms. The Morgan fingerprint density at radius 3 is 2.46 bits per heavy atom. The molecule has 0 aliphatic heterocycles. The van der Waals surface area contributed by atoms with Crippen molar-refractivity contribution in [2.24, 2.45) is 5.92 Å². The second kappa shape index (κ2) is 7.95. The van der Waals surface area contributed by atoms with Gasteiger partial charge in [-0.25, -0.2) is 9.37 Å². The quantitative estimate of drug-likeness (QED) is 0.571. The molecule has 0 N–H and O–H groups in total. The van der Waals surface area contributed by atoms with Gasteiger partial charge in [0, 0.05) is 22.8 Å². The Hall–Kier alpha value is -2.97. The average molecular weight is 388 g/mol. The normalized spacial score (nSPS) is 13.1. The molecule has 0 bridgehead atoms. The van der Waals surface area contributed by atoms with Crippen molar-refractivity contribution >= 4 is 16.9 Å². The number of carbonyl (C=O) groups excluding carboxylic acids is 1. The van der Waals surface area contributed by atoms with Crippen LogP contribution in [-0.4, -0.2) is 10.1 Å². The molecule has 4 rings (SSSR count). The van der Waals surface area contributed by atoms with Gasteiger partial charge in [0.25, 0.3) is 0 Å². The van der Waals surface area contributed by atoms with Crippen molar-refractivity contribution in [2.45, 2.75) is 18.6 Å². The lowest BCUT2D eigenvalue weighted by Crippen LogP contribution is -2.02. The minimum absolute atomic E-state index is 0.154. The summed E-state index contributed by atoms with van der Waals surface area (Å²) in [5, 5.41) is 9.89. The van der Waals surface area contributed by atoms with E-state index in [1.165, 1.54) is 23.9 Å². The van der Waals surface area contributed by atoms with Gasteiger partial charge in [0.15, 0.2) is 5.12 Å². The van der Waals surface area contributed by atoms with Crippen LogP contribution in [0.4, 0.5) is 4.39 Å². The lowest BCUT2D eigenvalue weighted by molar-refractivity contribution is -0.112. The first-order valence-corrected chi connectivity index (χ1v) is 10.1. The van der Waals surface area contributed by atoms with Crippen LogP contribution >= 0.6 is 11.8 Å². The number of rotatable bonds is 5. The summed E-state index contributed by atoms with van der Waals surface area (Å²) in [5.74, 6) is 0.218. The third-order valence-corrected chi connectivity index (χ3v) is 5.78. The Balaban J connectivity index is 1.81. The van der Waals surface area contributed by atoms with Gasteiger partial charge in [0.05, 0.1) is 5.69 Å². The van der Waals surface area contributed by atoms with Crippen LogP contribution in [0.25, 0.3) is 22.4 Å². The molecule has 0 saturated heterocycles. The van der Waals surface area contributed by atoms with Crippen molar-refractivity contribution in [2.75, 3.05) is 0 Å². The SMILES string of the molecule is N#Cc1nc(-c2ccccc2)cc(-c2ccc(F)cc2)c1CSC(=O)C1CC1. The van der Waals surface area contributed by atoms with Crippen molar-refractivity contribution in [3.05, 3.63) is 77.7 Å². The van der Waals surface area contributed by atoms with Gasteiger partial charge in [-0.15, -0.1) is 0 Å². The summed E-state index contributed by atoms with van der Waals surface area (Å²) in [5.41, 5.74) is 4.20. The van der Waals surface area contributed by atoms with Crippen molar-refractivity contribution in [1.82, 2.24) is 4.98 Å². The second-order valence-corrected chi connectivity index (χ2v) is 7.73. The number of nitrogens with zero attached hydrogens (tertiary/aromatic N) is 2. The van der Waals surface area contributed by atoms with Gasteiger partial charge in [-0.05, 0) is 42.2 Å². The number of benzene rings is 2. The van der Waals surface area contributed by atoms with Gasteiger partial charge in [-0.2, -0.15) is 5.26 Å². The standard InChI is InChI=1S/C23H17FN2OS/c24-18-10-8-15(9-11-18)19-12-21(16-4-2-1-3-5-16)26-22(13-25)20(19)14-28-23(27)17-6-7-17/h1-5,8-12,17H,6-7,14H2. The van der Waals surface area contributed by atoms with Crippen molar-refractivity contribution in [3.8, 4) is 28.5 Å². The molecule has 0 radical (unpaired) electrons. The van der Waals surface area contributed by atoms with E-state index in [0.29, 0.717) is 22.7 Å². The summed E-state index contributed by atoms with van der Waals surface area (Å²) in [6.07, 6.45) is 1.90. The van der Waals surface area contributed by atoms with E-state index in [0.717, 1.165) is 29.5 Å². The fraction of sp³-hybridized carbons (Fsp3) is 0.174. The summed E-state index contributed by atoms with van der Waals surface area (Å²) in [7, 11) is 0. The van der Waals surface area contributed by atoms with Crippen LogP contribution in [0.5, 0.6) is 0 Å². The van der Waals surface area contributed by atoms with E-state index >= 15 is 0 Å². The van der Waals surface area contributed by atoms with Crippen LogP contribution in [0.15, 0.2) is 60.7 Å². The number of thioether (sulfide) groups is 1. The van der Waals surface area contributed by atoms with E-state index in [1.807, 2.05) is 36.4 Å². The highest BCUT2D eigenvalue weighted by Crippen LogP contribution is 2.37. The second-order valence-electron chi connectivity index (χ2n) is 6.75. The molecule has 0 atom stereocenters. The van der Waals surface area contributed by atoms with Crippen molar-refractivity contribution < 1.29 is 9.18 Å². The van der Waals surface area contributed by atoms with Crippen LogP contribution in [-0.2, 0) is 10.5 Å². The zero-order valence-corrected chi connectivity index (χ0v) is 15.9. The highest BCUT2D eigenvalue weighted by Gasteiger charge is 2.30. The Morgan fingerprint density at radius 2 is 1.82 bits per heavy atom. The van der Waals surface area contributed by atoms with E-state index in [9.17, 15) is 14.4 Å². The first-order chi connectivity index (χ1) is 13.7. The van der Waals surface area contributed by atoms with Crippen LogP contribution < -0.4 is 0 Å². The van der Waals surface area contributed by atoms with E-state index in [2.05, 4.69) is 11.1 Å². The molecular weight excluding hydrogens is 371 g/mol. The lowest BCUT2D eigenvalue weighted by atomic mass is 9.97. The first kappa shape index (κ1) is 18.4. The van der Waals surface area contributed by atoms with Gasteiger partial charge in [0.1, 0.15) is 17.6 Å². The number of halogens is 1. The van der Waals surface area contributed by atoms with E-state index < -0.39 is 0 Å². The molecular formula is C23H17FN2OS. The van der Waals surface area contributed by atoms with Crippen molar-refractivity contribution in [1.29, 1.82) is 5.26 Å². The van der Waals surface area contributed by atoms with Crippen LogP contribution in [0.1, 0.15) is 24.1 Å². The Morgan fingerprint density at radius 1 is 1.11 bits per heavy atom. The van der Waals surface area contributed by atoms with Crippen LogP contribution in [0.3, 0.4) is 0 Å². The molecule has 0 amide bonds. The molecule has 5 heteroatoms. The Labute approximate surface area is 167 Å². The first-order valence-electron chi connectivity index (χ1n) is 9.07. The summed E-state index contributed by atoms with van der Waals surface area (Å²) in [4.78, 5) is 16.7. The van der Waals surface area contributed by atoms with Gasteiger partial charge in [-0.1, -0.05) is 54.2 Å². The molecule has 2 aromatic carbocycles. The predicted octanol–water partition coefficient (Wildman–Crippen LogP) is 5.60. The third kappa shape index (κ3) is 3.97. The molecule has 3 aromatic rings. The molecule has 0 unspecified atom stereocenters. The maximum absolute atomic E-state index is 13.4. The molecule has 1 fully saturated rings. The van der Waals surface area contributed by atoms with E-state index in [1.54, 1.807) is 12.1 Å². The summed E-state index contributed by atoms with van der Waals surface area (Å²) < 4.78 is 13.4. The summed E-state index contributed by atoms with van der Waals surface area (Å²) in [6, 6.07) is 19.9. The zero-order valence-electron chi connectivity index (χ0n) is 15.1. The molecule has 28 heavy (non-hydrogen) atoms. The van der Waals surface area contributed by atoms with E-state index in [4.69, 9.17) is 0 Å². The molecule has 1 saturated carbocycles. The number of hydrogen-bond acceptors (Lipinski definition) is 4. The molecule has 1 aliphatic carbocycles. The van der Waals surface area contributed by atoms with Crippen LogP contribution in [0.2, 0.25) is 0 Å². The molecule has 1 heterocycles. The highest BCUT2D eigenvalue weighted by molar-refractivity contribution is 8.13. The largest absolute Gasteiger partial charge is 0.287 e. The topological polar surface area (TPSA) is 53.8 Å². The fourth-order valence-electron chi connectivity index (χ4n) is 3.03. The maximum atomic E-state index is 13.4. The number of hydrogen-bond donors (Lipinski definition) is 0. The maximum Gasteiger partial charge on any atom is 0.192 e. The minimum Gasteiger partial charge on any atom is -0.287 e. The Bertz CT molecular complexity index is 1050. The van der Waals surface area contributed by atoms with Crippen molar-refractivity contribution in [3.63, 3.8) is 0 Å². The zero-order chi connectivity index (χ0) is 19.5. The van der Waals surface area contributed by atoms with E-state index in [-0.39, 0.29) is 16.9 Å². The summed E-state index contributed by atoms with van der Waals surface area (Å²) >= 11 is 1.24. The fourth-order valence-corrected chi connectivity index (χ4v) is 4.08. The van der Waals surface area contributed by atoms with Gasteiger partial charge >= 0.3 is 0 Å². The minimum atomic E-state index is -0.318. The van der Waals surface area contributed by atoms with Gasteiger partial charge < -0.3 is 0 Å². The number of pyridine rings is 1. The Kier molecular flexibility index (Phi) is 5.23. The predicted molar refractivity (Wildman–Crippen MR) is 109 cm³/mol. The number of carbonyl (C=O) groups is 1. The summed E-state index contributed by atoms with van der Waals surface area (Å²) in [6.45, 7) is 0. The molecule has 1 aliphatic rings. The molecule has 138 valence electrons. The number of aromatic nitrogens is 1. The van der Waals surface area contributed by atoms with Gasteiger partial charge in [0.2, 0.25) is 0 Å². The average Bonchev–Trinajstić information content (AvgIpc) is 3.58. The monoisotopic (exact) mass is 388 g/mol. The molecule has 3 nitrogen and oxygen atoms in total. The highest BCUT2D eigenvalue weighted by atomic mass is 32.2. The lowest BCUT2D eigenvalue weighted by Gasteiger charge is -2.14. The molecule has 1 aromatic heterocycles. The number of nitriles is 1. The van der Waals surface area contributed by atoms with Crippen LogP contribution in [0, 0.1) is 23.1 Å². The van der Waals surface area contributed by atoms with Gasteiger partial charge in [-0.3, -0.25) is 4.79 Å². The third-order valence-electron chi connectivity index (χ3n) is 4.72.